The Labute approximate surface area is 102 Å². The molecule has 1 rings (SSSR count). The highest BCUT2D eigenvalue weighted by atomic mass is 16.5. The van der Waals surface area contributed by atoms with Crippen molar-refractivity contribution >= 4 is 6.08 Å². The largest absolute Gasteiger partial charge is 0.493 e. The Hall–Kier alpha value is -1.33. The lowest BCUT2D eigenvalue weighted by molar-refractivity contribution is 0.199. The van der Waals surface area contributed by atoms with Gasteiger partial charge in [-0.3, -0.25) is 4.68 Å². The summed E-state index contributed by atoms with van der Waals surface area (Å²) in [4.78, 5) is 0. The number of rotatable bonds is 8. The van der Waals surface area contributed by atoms with Crippen molar-refractivity contribution < 1.29 is 9.47 Å². The third-order valence-electron chi connectivity index (χ3n) is 2.42. The molecule has 0 radical (unpaired) electrons. The van der Waals surface area contributed by atoms with Crippen LogP contribution in [0.25, 0.3) is 6.08 Å². The molecule has 0 spiro atoms. The molecule has 0 aliphatic heterocycles. The number of aryl methyl sites for hydroxylation is 1. The van der Waals surface area contributed by atoms with E-state index in [1.54, 1.807) is 25.1 Å². The number of nitrogens with zero attached hydrogens (tertiary/aromatic N) is 2. The predicted molar refractivity (Wildman–Crippen MR) is 68.2 cm³/mol. The second-order valence-corrected chi connectivity index (χ2v) is 3.66. The summed E-state index contributed by atoms with van der Waals surface area (Å²) in [6.45, 7) is 2.58. The van der Waals surface area contributed by atoms with Crippen molar-refractivity contribution in [1.82, 2.24) is 15.1 Å². The van der Waals surface area contributed by atoms with Crippen molar-refractivity contribution in [2.75, 3.05) is 33.9 Å². The van der Waals surface area contributed by atoms with Gasteiger partial charge in [0.25, 0.3) is 0 Å². The third-order valence-corrected chi connectivity index (χ3v) is 2.42. The smallest absolute Gasteiger partial charge is 0.164 e. The lowest BCUT2D eigenvalue weighted by Crippen LogP contribution is -2.19. The van der Waals surface area contributed by atoms with Crippen LogP contribution >= 0.6 is 0 Å². The van der Waals surface area contributed by atoms with E-state index in [-0.39, 0.29) is 0 Å². The number of nitrogens with one attached hydrogen (secondary N) is 1. The molecule has 1 N–H and O–H groups in total. The quantitative estimate of drug-likeness (QED) is 0.689. The zero-order valence-electron chi connectivity index (χ0n) is 10.8. The minimum Gasteiger partial charge on any atom is -0.493 e. The van der Waals surface area contributed by atoms with Crippen molar-refractivity contribution in [3.05, 3.63) is 18.0 Å². The number of aromatic nitrogens is 2. The van der Waals surface area contributed by atoms with Gasteiger partial charge >= 0.3 is 0 Å². The van der Waals surface area contributed by atoms with E-state index in [0.29, 0.717) is 0 Å². The molecule has 0 amide bonds. The standard InChI is InChI=1S/C12H21N3O2/c1-15-11(12(17-3)10-14-15)6-4-5-7-13-8-9-16-2/h4,6,10,13H,5,7-9H2,1-3H3/b6-4+. The molecule has 5 heteroatoms. The maximum atomic E-state index is 5.21. The zero-order chi connectivity index (χ0) is 12.5. The van der Waals surface area contributed by atoms with Crippen LogP contribution in [0.4, 0.5) is 0 Å². The lowest BCUT2D eigenvalue weighted by Gasteiger charge is -2.01. The topological polar surface area (TPSA) is 48.3 Å². The molecule has 96 valence electrons. The van der Waals surface area contributed by atoms with E-state index in [1.165, 1.54) is 0 Å². The van der Waals surface area contributed by atoms with Crippen LogP contribution in [0.5, 0.6) is 5.75 Å². The molecule has 0 unspecified atom stereocenters. The molecule has 17 heavy (non-hydrogen) atoms. The first kappa shape index (κ1) is 13.7. The average molecular weight is 239 g/mol. The summed E-state index contributed by atoms with van der Waals surface area (Å²) in [6.07, 6.45) is 6.83. The van der Waals surface area contributed by atoms with Crippen LogP contribution in [0.1, 0.15) is 12.1 Å². The molecule has 0 atom stereocenters. The van der Waals surface area contributed by atoms with Crippen LogP contribution in [0, 0.1) is 0 Å². The fourth-order valence-corrected chi connectivity index (χ4v) is 1.45. The Kier molecular flexibility index (Phi) is 6.35. The number of methoxy groups -OCH3 is 2. The molecule has 0 bridgehead atoms. The van der Waals surface area contributed by atoms with Crippen molar-refractivity contribution in [2.45, 2.75) is 6.42 Å². The van der Waals surface area contributed by atoms with Crippen LogP contribution in [0.3, 0.4) is 0 Å². The fraction of sp³-hybridized carbons (Fsp3) is 0.583. The Morgan fingerprint density at radius 3 is 2.94 bits per heavy atom. The van der Waals surface area contributed by atoms with E-state index in [2.05, 4.69) is 16.5 Å². The first-order valence-corrected chi connectivity index (χ1v) is 5.71. The van der Waals surface area contributed by atoms with Crippen LogP contribution in [0.15, 0.2) is 12.3 Å². The highest BCUT2D eigenvalue weighted by Crippen LogP contribution is 2.17. The molecule has 0 aliphatic carbocycles. The van der Waals surface area contributed by atoms with Gasteiger partial charge in [0.2, 0.25) is 0 Å². The SMILES string of the molecule is COCCNCC/C=C/c1c(OC)cnn1C. The summed E-state index contributed by atoms with van der Waals surface area (Å²) in [5.74, 6) is 0.802. The molecule has 5 nitrogen and oxygen atoms in total. The van der Waals surface area contributed by atoms with E-state index in [9.17, 15) is 0 Å². The first-order chi connectivity index (χ1) is 8.29. The number of hydrogen-bond acceptors (Lipinski definition) is 4. The summed E-state index contributed by atoms with van der Waals surface area (Å²) in [5.41, 5.74) is 0.990. The molecule has 0 fully saturated rings. The minimum atomic E-state index is 0.749. The molecule has 0 aliphatic rings. The van der Waals surface area contributed by atoms with E-state index in [1.807, 2.05) is 13.1 Å². The maximum Gasteiger partial charge on any atom is 0.164 e. The van der Waals surface area contributed by atoms with Crippen molar-refractivity contribution in [1.29, 1.82) is 0 Å². The molecule has 0 saturated carbocycles. The molecule has 1 aromatic heterocycles. The Bertz CT molecular complexity index is 348. The van der Waals surface area contributed by atoms with Crippen LogP contribution in [-0.2, 0) is 11.8 Å². The van der Waals surface area contributed by atoms with E-state index >= 15 is 0 Å². The highest BCUT2D eigenvalue weighted by molar-refractivity contribution is 5.52. The van der Waals surface area contributed by atoms with E-state index < -0.39 is 0 Å². The van der Waals surface area contributed by atoms with Gasteiger partial charge < -0.3 is 14.8 Å². The Balaban J connectivity index is 2.30. The van der Waals surface area contributed by atoms with Gasteiger partial charge in [-0.1, -0.05) is 6.08 Å². The summed E-state index contributed by atoms with van der Waals surface area (Å²) < 4.78 is 12.0. The second kappa shape index (κ2) is 7.86. The van der Waals surface area contributed by atoms with Crippen LogP contribution in [0.2, 0.25) is 0 Å². The van der Waals surface area contributed by atoms with Gasteiger partial charge in [-0.05, 0) is 19.0 Å². The Morgan fingerprint density at radius 1 is 1.41 bits per heavy atom. The summed E-state index contributed by atoms with van der Waals surface area (Å²) in [7, 11) is 5.26. The fourth-order valence-electron chi connectivity index (χ4n) is 1.45. The van der Waals surface area contributed by atoms with Gasteiger partial charge in [0, 0.05) is 20.7 Å². The van der Waals surface area contributed by atoms with E-state index in [0.717, 1.165) is 37.6 Å². The number of hydrogen-bond donors (Lipinski definition) is 1. The van der Waals surface area contributed by atoms with Gasteiger partial charge in [-0.2, -0.15) is 5.10 Å². The van der Waals surface area contributed by atoms with E-state index in [4.69, 9.17) is 9.47 Å². The van der Waals surface area contributed by atoms with Crippen LogP contribution in [-0.4, -0.2) is 43.7 Å². The van der Waals surface area contributed by atoms with Crippen molar-refractivity contribution in [2.24, 2.45) is 7.05 Å². The number of ether oxygens (including phenoxy) is 2. The molecule has 0 saturated heterocycles. The second-order valence-electron chi connectivity index (χ2n) is 3.66. The Morgan fingerprint density at radius 2 is 2.24 bits per heavy atom. The van der Waals surface area contributed by atoms with Crippen LogP contribution < -0.4 is 10.1 Å². The third kappa shape index (κ3) is 4.58. The van der Waals surface area contributed by atoms with Gasteiger partial charge in [-0.25, -0.2) is 0 Å². The summed E-state index contributed by atoms with van der Waals surface area (Å²) >= 11 is 0. The van der Waals surface area contributed by atoms with Gasteiger partial charge in [-0.15, -0.1) is 0 Å². The molecule has 1 heterocycles. The molecular weight excluding hydrogens is 218 g/mol. The van der Waals surface area contributed by atoms with Gasteiger partial charge in [0.1, 0.15) is 5.69 Å². The zero-order valence-corrected chi connectivity index (χ0v) is 10.8. The predicted octanol–water partition coefficient (Wildman–Crippen LogP) is 1.07. The first-order valence-electron chi connectivity index (χ1n) is 5.71. The molecule has 1 aromatic rings. The lowest BCUT2D eigenvalue weighted by atomic mass is 10.3. The highest BCUT2D eigenvalue weighted by Gasteiger charge is 2.03. The minimum absolute atomic E-state index is 0.749. The van der Waals surface area contributed by atoms with Gasteiger partial charge in [0.15, 0.2) is 5.75 Å². The monoisotopic (exact) mass is 239 g/mol. The average Bonchev–Trinajstić information content (AvgIpc) is 2.69. The molecular formula is C12H21N3O2. The van der Waals surface area contributed by atoms with Crippen molar-refractivity contribution in [3.63, 3.8) is 0 Å². The summed E-state index contributed by atoms with van der Waals surface area (Å²) in [5, 5.41) is 7.41. The maximum absolute atomic E-state index is 5.21. The molecule has 0 aromatic carbocycles. The van der Waals surface area contributed by atoms with Crippen molar-refractivity contribution in [3.8, 4) is 5.75 Å². The summed E-state index contributed by atoms with van der Waals surface area (Å²) in [6, 6.07) is 0. The normalized spacial score (nSPS) is 11.2. The van der Waals surface area contributed by atoms with Gasteiger partial charge in [0.05, 0.1) is 19.9 Å².